The van der Waals surface area contributed by atoms with Gasteiger partial charge < -0.3 is 15.4 Å². The van der Waals surface area contributed by atoms with Crippen molar-refractivity contribution in [3.05, 3.63) is 72.9 Å². The molecule has 0 spiro atoms. The minimum absolute atomic E-state index is 0.0695. The molecule has 3 rings (SSSR count). The zero-order chi connectivity index (χ0) is 19.6. The number of fused-ring (bicyclic) bond motifs is 1. The predicted octanol–water partition coefficient (Wildman–Crippen LogP) is 4.56. The highest BCUT2D eigenvalue weighted by atomic mass is 35.5. The second-order valence-electron chi connectivity index (χ2n) is 5.98. The monoisotopic (exact) mass is 424 g/mol. The Balaban J connectivity index is 1.72. The summed E-state index contributed by atoms with van der Waals surface area (Å²) in [5, 5.41) is 14.6. The Hall–Kier alpha value is -2.21. The van der Waals surface area contributed by atoms with Crippen molar-refractivity contribution in [1.82, 2.24) is 10.3 Å². The topological polar surface area (TPSA) is 82.2 Å². The number of aryl methyl sites for hydroxylation is 1. The molecule has 3 N–H and O–H groups in total. The van der Waals surface area contributed by atoms with E-state index in [9.17, 15) is 14.7 Å². The summed E-state index contributed by atoms with van der Waals surface area (Å²) in [5.41, 5.74) is 0.565. The van der Waals surface area contributed by atoms with Gasteiger partial charge in [0.1, 0.15) is 0 Å². The highest BCUT2D eigenvalue weighted by Crippen LogP contribution is 2.25. The van der Waals surface area contributed by atoms with Crippen molar-refractivity contribution in [2.75, 3.05) is 6.54 Å². The van der Waals surface area contributed by atoms with Crippen molar-refractivity contribution in [1.29, 1.82) is 0 Å². The molecule has 1 aromatic heterocycles. The van der Waals surface area contributed by atoms with Gasteiger partial charge in [0.15, 0.2) is 5.75 Å². The smallest absolute Gasteiger partial charge is 0.291 e. The minimum Gasteiger partial charge on any atom is -0.502 e. The van der Waals surface area contributed by atoms with Crippen molar-refractivity contribution in [2.24, 2.45) is 0 Å². The van der Waals surface area contributed by atoms with E-state index in [4.69, 9.17) is 34.8 Å². The molecule has 0 saturated carbocycles. The van der Waals surface area contributed by atoms with E-state index in [2.05, 4.69) is 10.3 Å². The molecule has 0 bridgehead atoms. The van der Waals surface area contributed by atoms with Gasteiger partial charge in [-0.2, -0.15) is 0 Å². The molecule has 0 atom stereocenters. The highest BCUT2D eigenvalue weighted by Gasteiger charge is 2.18. The standard InChI is InChI=1S/C19H15Cl3N2O3/c20-11-4-5-12-15(9-11)24-19(27)17(25)16(12)18(26)23-7-1-2-10-3-6-13(21)14(22)8-10/h3-6,8-9,25H,1-2,7H2,(H,23,26)(H,24,27). The van der Waals surface area contributed by atoms with E-state index in [1.54, 1.807) is 24.3 Å². The zero-order valence-electron chi connectivity index (χ0n) is 14.0. The summed E-state index contributed by atoms with van der Waals surface area (Å²) in [6.45, 7) is 0.362. The Morgan fingerprint density at radius 1 is 1.07 bits per heavy atom. The normalized spacial score (nSPS) is 10.9. The fraction of sp³-hybridized carbons (Fsp3) is 0.158. The van der Waals surface area contributed by atoms with Crippen LogP contribution in [0.2, 0.25) is 15.1 Å². The minimum atomic E-state index is -0.745. The first-order valence-corrected chi connectivity index (χ1v) is 9.27. The molecule has 1 heterocycles. The molecule has 1 amide bonds. The van der Waals surface area contributed by atoms with E-state index in [1.807, 2.05) is 6.07 Å². The first kappa shape index (κ1) is 19.5. The van der Waals surface area contributed by atoms with Gasteiger partial charge in [-0.05, 0) is 42.7 Å². The number of nitrogens with one attached hydrogen (secondary N) is 2. The Kier molecular flexibility index (Phi) is 5.95. The number of aromatic nitrogens is 1. The summed E-state index contributed by atoms with van der Waals surface area (Å²) < 4.78 is 0. The number of carbonyl (C=O) groups is 1. The largest absolute Gasteiger partial charge is 0.502 e. The third-order valence-corrected chi connectivity index (χ3v) is 5.06. The molecular weight excluding hydrogens is 411 g/mol. The maximum absolute atomic E-state index is 12.5. The third kappa shape index (κ3) is 4.38. The first-order valence-electron chi connectivity index (χ1n) is 8.13. The Bertz CT molecular complexity index is 1080. The molecule has 3 aromatic rings. The van der Waals surface area contributed by atoms with E-state index in [0.29, 0.717) is 45.4 Å². The van der Waals surface area contributed by atoms with Crippen LogP contribution in [0.3, 0.4) is 0 Å². The van der Waals surface area contributed by atoms with E-state index in [0.717, 1.165) is 5.56 Å². The highest BCUT2D eigenvalue weighted by molar-refractivity contribution is 6.42. The Labute approximate surface area is 169 Å². The lowest BCUT2D eigenvalue weighted by atomic mass is 10.1. The molecule has 0 radical (unpaired) electrons. The molecule has 8 heteroatoms. The summed E-state index contributed by atoms with van der Waals surface area (Å²) in [7, 11) is 0. The lowest BCUT2D eigenvalue weighted by Crippen LogP contribution is -2.26. The van der Waals surface area contributed by atoms with Gasteiger partial charge in [-0.15, -0.1) is 0 Å². The molecule has 0 aliphatic heterocycles. The predicted molar refractivity (Wildman–Crippen MR) is 108 cm³/mol. The van der Waals surface area contributed by atoms with Gasteiger partial charge in [0.2, 0.25) is 0 Å². The Morgan fingerprint density at radius 2 is 1.85 bits per heavy atom. The van der Waals surface area contributed by atoms with Crippen LogP contribution in [0.4, 0.5) is 0 Å². The second-order valence-corrected chi connectivity index (χ2v) is 7.23. The lowest BCUT2D eigenvalue weighted by molar-refractivity contribution is 0.0952. The van der Waals surface area contributed by atoms with Crippen LogP contribution in [0, 0.1) is 0 Å². The van der Waals surface area contributed by atoms with Gasteiger partial charge in [0, 0.05) is 17.0 Å². The number of benzene rings is 2. The average molecular weight is 426 g/mol. The number of rotatable bonds is 5. The van der Waals surface area contributed by atoms with Crippen LogP contribution in [-0.4, -0.2) is 22.5 Å². The number of amides is 1. The summed E-state index contributed by atoms with van der Waals surface area (Å²) in [6.07, 6.45) is 1.34. The zero-order valence-corrected chi connectivity index (χ0v) is 16.3. The molecule has 0 saturated heterocycles. The maximum atomic E-state index is 12.5. The fourth-order valence-electron chi connectivity index (χ4n) is 2.77. The molecule has 27 heavy (non-hydrogen) atoms. The molecule has 0 aliphatic rings. The van der Waals surface area contributed by atoms with E-state index in [1.165, 1.54) is 6.07 Å². The van der Waals surface area contributed by atoms with Gasteiger partial charge in [0.05, 0.1) is 21.1 Å². The van der Waals surface area contributed by atoms with E-state index in [-0.39, 0.29) is 5.56 Å². The van der Waals surface area contributed by atoms with Gasteiger partial charge in [-0.1, -0.05) is 46.9 Å². The van der Waals surface area contributed by atoms with Crippen molar-refractivity contribution < 1.29 is 9.90 Å². The van der Waals surface area contributed by atoms with Crippen LogP contribution >= 0.6 is 34.8 Å². The third-order valence-electron chi connectivity index (χ3n) is 4.09. The van der Waals surface area contributed by atoms with Gasteiger partial charge in [-0.3, -0.25) is 9.59 Å². The van der Waals surface area contributed by atoms with E-state index < -0.39 is 17.2 Å². The number of carbonyl (C=O) groups excluding carboxylic acids is 1. The fourth-order valence-corrected chi connectivity index (χ4v) is 3.26. The van der Waals surface area contributed by atoms with Gasteiger partial charge >= 0.3 is 0 Å². The average Bonchev–Trinajstić information content (AvgIpc) is 2.62. The molecule has 5 nitrogen and oxygen atoms in total. The van der Waals surface area contributed by atoms with Crippen molar-refractivity contribution >= 4 is 51.6 Å². The van der Waals surface area contributed by atoms with Gasteiger partial charge in [-0.25, -0.2) is 0 Å². The lowest BCUT2D eigenvalue weighted by Gasteiger charge is -2.10. The molecule has 2 aromatic carbocycles. The summed E-state index contributed by atoms with van der Waals surface area (Å²) in [4.78, 5) is 26.9. The number of aromatic hydroxyl groups is 1. The van der Waals surface area contributed by atoms with Crippen molar-refractivity contribution in [3.8, 4) is 5.75 Å². The summed E-state index contributed by atoms with van der Waals surface area (Å²) in [6, 6.07) is 10.1. The van der Waals surface area contributed by atoms with Crippen LogP contribution in [0.5, 0.6) is 5.75 Å². The maximum Gasteiger partial charge on any atom is 0.291 e. The Morgan fingerprint density at radius 3 is 2.59 bits per heavy atom. The number of hydrogen-bond acceptors (Lipinski definition) is 3. The number of H-pyrrole nitrogens is 1. The second kappa shape index (κ2) is 8.21. The molecular formula is C19H15Cl3N2O3. The van der Waals surface area contributed by atoms with Crippen LogP contribution in [-0.2, 0) is 6.42 Å². The first-order chi connectivity index (χ1) is 12.9. The van der Waals surface area contributed by atoms with Crippen LogP contribution < -0.4 is 10.9 Å². The van der Waals surface area contributed by atoms with Crippen molar-refractivity contribution in [3.63, 3.8) is 0 Å². The van der Waals surface area contributed by atoms with Crippen LogP contribution in [0.15, 0.2) is 41.2 Å². The number of hydrogen-bond donors (Lipinski definition) is 3. The molecule has 0 aliphatic carbocycles. The SMILES string of the molecule is O=C(NCCCc1ccc(Cl)c(Cl)c1)c1c(O)c(=O)[nH]c2cc(Cl)ccc12. The number of aromatic amines is 1. The number of halogens is 3. The molecule has 140 valence electrons. The summed E-state index contributed by atoms with van der Waals surface area (Å²) >= 11 is 17.8. The van der Waals surface area contributed by atoms with Crippen LogP contribution in [0.1, 0.15) is 22.3 Å². The quantitative estimate of drug-likeness (QED) is 0.524. The van der Waals surface area contributed by atoms with Crippen molar-refractivity contribution in [2.45, 2.75) is 12.8 Å². The van der Waals surface area contributed by atoms with E-state index >= 15 is 0 Å². The summed E-state index contributed by atoms with van der Waals surface area (Å²) in [5.74, 6) is -1.15. The van der Waals surface area contributed by atoms with Gasteiger partial charge in [0.25, 0.3) is 11.5 Å². The van der Waals surface area contributed by atoms with Crippen LogP contribution in [0.25, 0.3) is 10.9 Å². The molecule has 0 fully saturated rings. The number of pyridine rings is 1. The molecule has 0 unspecified atom stereocenters.